The Balaban J connectivity index is -0.000000152. The zero-order valence-corrected chi connectivity index (χ0v) is 45.8. The molecule has 363 valence electrons. The van der Waals surface area contributed by atoms with Crippen molar-refractivity contribution in [3.05, 3.63) is 54.4 Å². The van der Waals surface area contributed by atoms with Crippen LogP contribution in [0, 0.1) is 0 Å². The minimum atomic E-state index is -1.73. The smallest absolute Gasteiger partial charge is 0.481 e. The summed E-state index contributed by atoms with van der Waals surface area (Å²) in [6, 6.07) is 8.45. The van der Waals surface area contributed by atoms with Crippen LogP contribution in [0.4, 0.5) is 0 Å². The molecule has 1 aromatic rings. The Morgan fingerprint density at radius 2 is 1.21 bits per heavy atom. The maximum Gasteiger partial charge on any atom is 0.484 e. The number of aromatic nitrogens is 1. The van der Waals surface area contributed by atoms with Crippen LogP contribution in [0.1, 0.15) is 164 Å². The van der Waals surface area contributed by atoms with E-state index in [0.29, 0.717) is 70.8 Å². The average Bonchev–Trinajstić information content (AvgIpc) is 3.97. The van der Waals surface area contributed by atoms with Crippen molar-refractivity contribution in [2.24, 2.45) is 9.98 Å². The van der Waals surface area contributed by atoms with E-state index in [0.717, 1.165) is 37.1 Å². The largest absolute Gasteiger partial charge is 0.484 e. The Hall–Kier alpha value is -2.00. The molecule has 0 saturated carbocycles. The summed E-state index contributed by atoms with van der Waals surface area (Å²) in [5.74, 6) is 0.553. The van der Waals surface area contributed by atoms with Crippen LogP contribution < -0.4 is 0 Å². The van der Waals surface area contributed by atoms with Crippen molar-refractivity contribution in [1.29, 1.82) is 0 Å². The molecule has 0 unspecified atom stereocenters. The third kappa shape index (κ3) is 56.0. The van der Waals surface area contributed by atoms with Crippen LogP contribution in [-0.4, -0.2) is 120 Å². The summed E-state index contributed by atoms with van der Waals surface area (Å²) < 4.78 is 26.4. The summed E-state index contributed by atoms with van der Waals surface area (Å²) >= 11 is 0. The predicted molar refractivity (Wildman–Crippen MR) is 265 cm³/mol. The molecule has 2 aliphatic rings. The van der Waals surface area contributed by atoms with E-state index in [1.54, 1.807) is 6.08 Å². The normalized spacial score (nSPS) is 11.9. The van der Waals surface area contributed by atoms with Crippen LogP contribution in [0.15, 0.2) is 53.0 Å². The number of aliphatic hydroxyl groups excluding tert-OH is 1. The Kier molecular flexibility index (Phi) is 69.6. The summed E-state index contributed by atoms with van der Waals surface area (Å²) in [5, 5.41) is 25.2. The van der Waals surface area contributed by atoms with Crippen molar-refractivity contribution in [2.75, 3.05) is 46.1 Å². The Morgan fingerprint density at radius 1 is 0.787 bits per heavy atom. The summed E-state index contributed by atoms with van der Waals surface area (Å²) in [6.07, 6.45) is 20.0. The van der Waals surface area contributed by atoms with Crippen LogP contribution in [-0.2, 0) is 44.3 Å². The van der Waals surface area contributed by atoms with Gasteiger partial charge in [-0.3, -0.25) is 4.79 Å². The van der Waals surface area contributed by atoms with Gasteiger partial charge in [0.1, 0.15) is 24.6 Å². The summed E-state index contributed by atoms with van der Waals surface area (Å²) in [4.78, 5) is 22.9. The number of aliphatic carboxylic acids is 1. The quantitative estimate of drug-likeness (QED) is 0.0422. The molecule has 0 bridgehead atoms. The van der Waals surface area contributed by atoms with E-state index < -0.39 is 21.8 Å². The molecular weight excluding hydrogens is 870 g/mol. The van der Waals surface area contributed by atoms with Gasteiger partial charge in [-0.25, -0.2) is 15.0 Å². The van der Waals surface area contributed by atoms with Gasteiger partial charge in [0.2, 0.25) is 11.8 Å². The number of hydrogen-bond donors (Lipinski definition) is 3. The zero-order valence-electron chi connectivity index (χ0n) is 39.6. The Bertz CT molecular complexity index is 1080. The molecular formula is C45H93CoN3O9Si3. The second-order valence-electron chi connectivity index (χ2n) is 13.1. The molecule has 3 rings (SSSR count). The Labute approximate surface area is 392 Å². The fourth-order valence-corrected chi connectivity index (χ4v) is 6.89. The molecule has 0 atom stereocenters. The monoisotopic (exact) mass is 963 g/mol. The van der Waals surface area contributed by atoms with E-state index in [1.165, 1.54) is 83.9 Å². The van der Waals surface area contributed by atoms with E-state index in [-0.39, 0.29) is 24.2 Å². The third-order valence-electron chi connectivity index (χ3n) is 7.51. The van der Waals surface area contributed by atoms with Gasteiger partial charge in [-0.15, -0.1) is 6.58 Å². The minimum absolute atomic E-state index is 0. The minimum Gasteiger partial charge on any atom is -0.481 e. The number of hydrogen-bond acceptors (Lipinski definition) is 11. The topological polar surface area (TPSA) is 162 Å². The fraction of sp³-hybridized carbons (Fsp3) is 0.733. The third-order valence-corrected chi connectivity index (χ3v) is 10.5. The van der Waals surface area contributed by atoms with E-state index in [1.807, 2.05) is 45.9 Å². The molecule has 0 aromatic carbocycles. The molecule has 0 aliphatic carbocycles. The number of rotatable bonds is 23. The number of ether oxygens (including phenoxy) is 2. The number of nitrogens with zero attached hydrogens (tertiary/aromatic N) is 3. The molecule has 3 heterocycles. The molecule has 1 radical (unpaired) electrons. The Morgan fingerprint density at radius 3 is 1.49 bits per heavy atom. The van der Waals surface area contributed by atoms with E-state index in [2.05, 4.69) is 61.4 Å². The number of carboxylic acids is 1. The van der Waals surface area contributed by atoms with Crippen molar-refractivity contribution < 1.29 is 59.6 Å². The van der Waals surface area contributed by atoms with Gasteiger partial charge in [0, 0.05) is 63.5 Å². The molecule has 16 heteroatoms. The maximum absolute atomic E-state index is 10.0. The standard InChI is InChI=1S/C11H11N3O2.C8H18O2.C8H16O2.C6H16O3Si.C4H12Si.C4H10Si.C3H6.CH4.Co/c1-2-8(10-12-4-6-15-10)14-9(3-1)11-13-5-7-16-11;2*1-2-3-4-5-6-7-8(9)10;1-4-7-10(8-5-2)9-6-3;2*1-2-3-4-5;1-3-2;;/h1-3H,4-7H2;8-10H,2-7H2,1H3;2-7H2,1H3,(H,9,10);10H,4-6H2,1-3H3;2-4H2,1,5H3;2-3H,4H2,1,5H3;3H,1H2,2H3;1H4;. The summed E-state index contributed by atoms with van der Waals surface area (Å²) in [7, 11) is 0.977. The van der Waals surface area contributed by atoms with Crippen molar-refractivity contribution >= 4 is 47.8 Å². The van der Waals surface area contributed by atoms with E-state index >= 15 is 0 Å². The van der Waals surface area contributed by atoms with Crippen LogP contribution in [0.2, 0.25) is 12.1 Å². The average molecular weight is 963 g/mol. The van der Waals surface area contributed by atoms with Crippen LogP contribution in [0.25, 0.3) is 0 Å². The molecule has 0 spiro atoms. The maximum atomic E-state index is 10.0. The van der Waals surface area contributed by atoms with Crippen LogP contribution in [0.5, 0.6) is 0 Å². The number of aliphatic imine (C=N–C) groups is 2. The fourth-order valence-electron chi connectivity index (χ4n) is 4.61. The van der Waals surface area contributed by atoms with E-state index in [9.17, 15) is 4.79 Å². The van der Waals surface area contributed by atoms with Gasteiger partial charge < -0.3 is 38.1 Å². The van der Waals surface area contributed by atoms with Gasteiger partial charge in [-0.1, -0.05) is 123 Å². The molecule has 1 aromatic heterocycles. The predicted octanol–water partition coefficient (Wildman–Crippen LogP) is 8.28. The molecule has 3 N–H and O–H groups in total. The van der Waals surface area contributed by atoms with Gasteiger partial charge in [0.05, 0.1) is 13.1 Å². The van der Waals surface area contributed by atoms with Crippen molar-refractivity contribution in [2.45, 2.75) is 171 Å². The number of aliphatic hydroxyl groups is 2. The zero-order chi connectivity index (χ0) is 45.2. The summed E-state index contributed by atoms with van der Waals surface area (Å²) in [6.45, 7) is 24.4. The van der Waals surface area contributed by atoms with Gasteiger partial charge in [-0.05, 0) is 72.1 Å². The molecule has 12 nitrogen and oxygen atoms in total. The van der Waals surface area contributed by atoms with E-state index in [4.69, 9.17) is 38.1 Å². The number of carbonyl (C=O) groups is 1. The molecule has 0 amide bonds. The first-order chi connectivity index (χ1) is 28.6. The second kappa shape index (κ2) is 60.1. The van der Waals surface area contributed by atoms with Gasteiger partial charge in [0.25, 0.3) is 0 Å². The second-order valence-corrected chi connectivity index (χ2v) is 16.5. The van der Waals surface area contributed by atoms with Gasteiger partial charge in [-0.2, -0.15) is 0 Å². The first kappa shape index (κ1) is 70.7. The molecule has 0 fully saturated rings. The molecule has 61 heavy (non-hydrogen) atoms. The van der Waals surface area contributed by atoms with Crippen molar-refractivity contribution in [1.82, 2.24) is 4.98 Å². The number of unbranched alkanes of at least 4 members (excludes halogenated alkanes) is 9. The molecule has 2 aliphatic heterocycles. The first-order valence-electron chi connectivity index (χ1n) is 22.5. The van der Waals surface area contributed by atoms with Crippen LogP contribution >= 0.6 is 0 Å². The number of carboxylic acid groups (broad SMARTS) is 1. The number of pyridine rings is 1. The van der Waals surface area contributed by atoms with Crippen molar-refractivity contribution in [3.8, 4) is 0 Å². The number of allylic oxidation sites excluding steroid dienone is 3. The first-order valence-corrected chi connectivity index (χ1v) is 26.7. The van der Waals surface area contributed by atoms with Crippen molar-refractivity contribution in [3.63, 3.8) is 0 Å². The van der Waals surface area contributed by atoms with Gasteiger partial charge in [0.15, 0.2) is 6.29 Å². The summed E-state index contributed by atoms with van der Waals surface area (Å²) in [5.41, 5.74) is 1.49. The van der Waals surface area contributed by atoms with Crippen LogP contribution in [0.3, 0.4) is 0 Å². The SMILES string of the molecule is C.C=CC.CC=CC[SiH3].CCCCCCCC(=O)O.CCCCCCCC(O)O.CCCC[SiH3].CCO[SiH](OCC)OCC.[Co].c1cc(C2=NCCO2)nc(C2=NCCO2)c1. The van der Waals surface area contributed by atoms with Gasteiger partial charge >= 0.3 is 15.5 Å². The molecule has 0 saturated heterocycles.